The van der Waals surface area contributed by atoms with E-state index in [1.165, 1.54) is 23.1 Å². The Morgan fingerprint density at radius 2 is 1.86 bits per heavy atom. The maximum atomic E-state index is 13.5. The highest BCUT2D eigenvalue weighted by Crippen LogP contribution is 2.42. The molecule has 1 aromatic carbocycles. The van der Waals surface area contributed by atoms with E-state index in [2.05, 4.69) is 5.32 Å². The number of hydrogen-bond acceptors (Lipinski definition) is 3. The molecule has 0 radical (unpaired) electrons. The van der Waals surface area contributed by atoms with Gasteiger partial charge >= 0.3 is 6.18 Å². The van der Waals surface area contributed by atoms with Crippen LogP contribution in [-0.4, -0.2) is 41.6 Å². The van der Waals surface area contributed by atoms with Crippen molar-refractivity contribution in [1.29, 1.82) is 0 Å². The molecule has 1 atom stereocenters. The highest BCUT2D eigenvalue weighted by molar-refractivity contribution is 5.99. The standard InChI is InChI=1S/C21H27F3N2O3/c1-14(2)12-25-18(27)17-13-29-20(10-6-3-7-11-20)26(17)19(28)15-8-4-5-9-16(15)21(22,23)24/h4-5,8-9,14,17H,3,6-7,10-13H2,1-2H3,(H,25,27). The van der Waals surface area contributed by atoms with Gasteiger partial charge in [0.1, 0.15) is 11.8 Å². The minimum atomic E-state index is -4.66. The first-order chi connectivity index (χ1) is 13.7. The molecule has 1 unspecified atom stereocenters. The Bertz CT molecular complexity index is 758. The van der Waals surface area contributed by atoms with E-state index in [0.717, 1.165) is 25.3 Å². The molecule has 1 aliphatic heterocycles. The average molecular weight is 412 g/mol. The summed E-state index contributed by atoms with van der Waals surface area (Å²) < 4.78 is 46.5. The number of benzene rings is 1. The van der Waals surface area contributed by atoms with Crippen molar-refractivity contribution in [3.05, 3.63) is 35.4 Å². The highest BCUT2D eigenvalue weighted by Gasteiger charge is 2.53. The normalized spacial score (nSPS) is 21.6. The van der Waals surface area contributed by atoms with Crippen molar-refractivity contribution in [3.8, 4) is 0 Å². The zero-order valence-corrected chi connectivity index (χ0v) is 16.7. The zero-order chi connectivity index (χ0) is 21.2. The summed E-state index contributed by atoms with van der Waals surface area (Å²) in [6.07, 6.45) is -1.07. The summed E-state index contributed by atoms with van der Waals surface area (Å²) in [5.41, 5.74) is -2.46. The van der Waals surface area contributed by atoms with E-state index in [4.69, 9.17) is 4.74 Å². The maximum absolute atomic E-state index is 13.5. The van der Waals surface area contributed by atoms with Crippen molar-refractivity contribution < 1.29 is 27.5 Å². The van der Waals surface area contributed by atoms with Gasteiger partial charge in [0.15, 0.2) is 0 Å². The van der Waals surface area contributed by atoms with Crippen LogP contribution in [0, 0.1) is 5.92 Å². The van der Waals surface area contributed by atoms with Crippen molar-refractivity contribution in [3.63, 3.8) is 0 Å². The molecule has 29 heavy (non-hydrogen) atoms. The number of rotatable bonds is 4. The molecular weight excluding hydrogens is 385 g/mol. The molecule has 2 amide bonds. The predicted octanol–water partition coefficient (Wildman–Crippen LogP) is 3.98. The number of halogens is 3. The molecule has 1 aromatic rings. The Labute approximate surface area is 168 Å². The maximum Gasteiger partial charge on any atom is 0.417 e. The number of nitrogens with zero attached hydrogens (tertiary/aromatic N) is 1. The smallest absolute Gasteiger partial charge is 0.354 e. The third kappa shape index (κ3) is 4.42. The second-order valence-corrected chi connectivity index (χ2v) is 8.19. The van der Waals surface area contributed by atoms with E-state index in [1.54, 1.807) is 0 Å². The number of carbonyl (C=O) groups excluding carboxylic acids is 2. The summed E-state index contributed by atoms with van der Waals surface area (Å²) in [6, 6.07) is 3.78. The van der Waals surface area contributed by atoms with Crippen LogP contribution in [0.5, 0.6) is 0 Å². The Hall–Kier alpha value is -2.09. The van der Waals surface area contributed by atoms with Crippen LogP contribution < -0.4 is 5.32 Å². The number of ether oxygens (including phenoxy) is 1. The molecule has 1 saturated carbocycles. The Morgan fingerprint density at radius 1 is 1.21 bits per heavy atom. The van der Waals surface area contributed by atoms with Gasteiger partial charge in [0.2, 0.25) is 5.91 Å². The van der Waals surface area contributed by atoms with Gasteiger partial charge in [0, 0.05) is 6.54 Å². The first kappa shape index (κ1) is 21.6. The molecule has 1 spiro atoms. The van der Waals surface area contributed by atoms with E-state index in [9.17, 15) is 22.8 Å². The summed E-state index contributed by atoms with van der Waals surface area (Å²) in [6.45, 7) is 4.29. The fourth-order valence-corrected chi connectivity index (χ4v) is 4.14. The van der Waals surface area contributed by atoms with E-state index < -0.39 is 35.0 Å². The van der Waals surface area contributed by atoms with Crippen LogP contribution in [-0.2, 0) is 15.7 Å². The Kier molecular flexibility index (Phi) is 6.22. The monoisotopic (exact) mass is 412 g/mol. The zero-order valence-electron chi connectivity index (χ0n) is 16.7. The van der Waals surface area contributed by atoms with Crippen molar-refractivity contribution in [2.24, 2.45) is 5.92 Å². The van der Waals surface area contributed by atoms with Crippen molar-refractivity contribution >= 4 is 11.8 Å². The van der Waals surface area contributed by atoms with Gasteiger partial charge in [-0.25, -0.2) is 0 Å². The van der Waals surface area contributed by atoms with Crippen molar-refractivity contribution in [1.82, 2.24) is 10.2 Å². The molecular formula is C21H27F3N2O3. The van der Waals surface area contributed by atoms with Gasteiger partial charge in [-0.05, 0) is 43.7 Å². The lowest BCUT2D eigenvalue weighted by Gasteiger charge is -2.41. The number of nitrogens with one attached hydrogen (secondary N) is 1. The van der Waals surface area contributed by atoms with Gasteiger partial charge in [-0.2, -0.15) is 13.2 Å². The first-order valence-electron chi connectivity index (χ1n) is 10.1. The highest BCUT2D eigenvalue weighted by atomic mass is 19.4. The number of hydrogen-bond donors (Lipinski definition) is 1. The van der Waals surface area contributed by atoms with Crippen LogP contribution in [0.4, 0.5) is 13.2 Å². The van der Waals surface area contributed by atoms with Crippen LogP contribution >= 0.6 is 0 Å². The molecule has 5 nitrogen and oxygen atoms in total. The molecule has 3 rings (SSSR count). The van der Waals surface area contributed by atoms with Crippen LogP contribution in [0.1, 0.15) is 61.9 Å². The predicted molar refractivity (Wildman–Crippen MR) is 101 cm³/mol. The Morgan fingerprint density at radius 3 is 2.48 bits per heavy atom. The quantitative estimate of drug-likeness (QED) is 0.814. The van der Waals surface area contributed by atoms with Crippen LogP contribution in [0.15, 0.2) is 24.3 Å². The minimum Gasteiger partial charge on any atom is -0.354 e. The molecule has 0 bridgehead atoms. The Balaban J connectivity index is 1.98. The van der Waals surface area contributed by atoms with Gasteiger partial charge in [-0.15, -0.1) is 0 Å². The van der Waals surface area contributed by atoms with E-state index >= 15 is 0 Å². The minimum absolute atomic E-state index is 0.0101. The van der Waals surface area contributed by atoms with Crippen molar-refractivity contribution in [2.75, 3.05) is 13.2 Å². The third-order valence-electron chi connectivity index (χ3n) is 5.56. The number of alkyl halides is 3. The van der Waals surface area contributed by atoms with Gasteiger partial charge < -0.3 is 10.1 Å². The largest absolute Gasteiger partial charge is 0.417 e. The molecule has 1 aliphatic carbocycles. The lowest BCUT2D eigenvalue weighted by atomic mass is 9.89. The van der Waals surface area contributed by atoms with Gasteiger partial charge in [0.25, 0.3) is 5.91 Å². The SMILES string of the molecule is CC(C)CNC(=O)C1COC2(CCCCC2)N1C(=O)c1ccccc1C(F)(F)F. The lowest BCUT2D eigenvalue weighted by molar-refractivity contribution is -0.138. The van der Waals surface area contributed by atoms with Crippen LogP contribution in [0.3, 0.4) is 0 Å². The fraction of sp³-hybridized carbons (Fsp3) is 0.619. The number of amides is 2. The van der Waals surface area contributed by atoms with Crippen LogP contribution in [0.25, 0.3) is 0 Å². The molecule has 8 heteroatoms. The average Bonchev–Trinajstić information content (AvgIpc) is 3.03. The molecule has 1 N–H and O–H groups in total. The van der Waals surface area contributed by atoms with Crippen LogP contribution in [0.2, 0.25) is 0 Å². The molecule has 1 heterocycles. The molecule has 0 aromatic heterocycles. The second-order valence-electron chi connectivity index (χ2n) is 8.19. The summed E-state index contributed by atoms with van der Waals surface area (Å²) in [5.74, 6) is -0.985. The number of carbonyl (C=O) groups is 2. The third-order valence-corrected chi connectivity index (χ3v) is 5.56. The summed E-state index contributed by atoms with van der Waals surface area (Å²) in [7, 11) is 0. The summed E-state index contributed by atoms with van der Waals surface area (Å²) in [4.78, 5) is 27.5. The van der Waals surface area contributed by atoms with Gasteiger partial charge in [-0.3, -0.25) is 14.5 Å². The lowest BCUT2D eigenvalue weighted by Crippen LogP contribution is -2.56. The van der Waals surface area contributed by atoms with Gasteiger partial charge in [-0.1, -0.05) is 32.4 Å². The van der Waals surface area contributed by atoms with Crippen molar-refractivity contribution in [2.45, 2.75) is 63.9 Å². The fourth-order valence-electron chi connectivity index (χ4n) is 4.14. The molecule has 160 valence electrons. The van der Waals surface area contributed by atoms with Gasteiger partial charge in [0.05, 0.1) is 17.7 Å². The molecule has 2 aliphatic rings. The van der Waals surface area contributed by atoms with E-state index in [1.807, 2.05) is 13.8 Å². The first-order valence-corrected chi connectivity index (χ1v) is 10.1. The summed E-state index contributed by atoms with van der Waals surface area (Å²) in [5, 5.41) is 2.79. The van der Waals surface area contributed by atoms with E-state index in [-0.39, 0.29) is 18.4 Å². The summed E-state index contributed by atoms with van der Waals surface area (Å²) >= 11 is 0. The van der Waals surface area contributed by atoms with E-state index in [0.29, 0.717) is 19.4 Å². The second kappa shape index (κ2) is 8.34. The topological polar surface area (TPSA) is 58.6 Å². The molecule has 2 fully saturated rings. The molecule has 1 saturated heterocycles.